The maximum atomic E-state index is 13.1. The molecule has 3 N–H and O–H groups in total. The smallest absolute Gasteiger partial charge is 0.222 e. The molecule has 1 heterocycles. The zero-order chi connectivity index (χ0) is 13.0. The van der Waals surface area contributed by atoms with E-state index in [9.17, 15) is 4.39 Å². The third-order valence-corrected chi connectivity index (χ3v) is 2.39. The quantitative estimate of drug-likeness (QED) is 0.866. The van der Waals surface area contributed by atoms with Crippen LogP contribution in [0.3, 0.4) is 0 Å². The number of rotatable bonds is 4. The lowest BCUT2D eigenvalue weighted by molar-refractivity contribution is 0.628. The van der Waals surface area contributed by atoms with Crippen LogP contribution in [0.4, 0.5) is 10.3 Å². The summed E-state index contributed by atoms with van der Waals surface area (Å²) in [5.41, 5.74) is 7.15. The van der Waals surface area contributed by atoms with Crippen molar-refractivity contribution >= 4 is 5.95 Å². The molecule has 0 fully saturated rings. The van der Waals surface area contributed by atoms with Gasteiger partial charge in [0.15, 0.2) is 0 Å². The Morgan fingerprint density at radius 2 is 2.00 bits per heavy atom. The first-order valence-electron chi connectivity index (χ1n) is 5.72. The summed E-state index contributed by atoms with van der Waals surface area (Å²) in [6.45, 7) is 2.51. The minimum atomic E-state index is -0.272. The molecule has 18 heavy (non-hydrogen) atoms. The van der Waals surface area contributed by atoms with E-state index in [4.69, 9.17) is 5.73 Å². The third-order valence-electron chi connectivity index (χ3n) is 2.39. The van der Waals surface area contributed by atoms with Gasteiger partial charge in [-0.25, -0.2) is 14.4 Å². The van der Waals surface area contributed by atoms with Crippen molar-refractivity contribution in [2.45, 2.75) is 13.0 Å². The van der Waals surface area contributed by atoms with Crippen LogP contribution in [0.5, 0.6) is 0 Å². The molecule has 0 spiro atoms. The van der Waals surface area contributed by atoms with Crippen LogP contribution < -0.4 is 11.1 Å². The first-order chi connectivity index (χ1) is 8.65. The maximum Gasteiger partial charge on any atom is 0.222 e. The first kappa shape index (κ1) is 12.4. The Bertz CT molecular complexity index is 511. The summed E-state index contributed by atoms with van der Waals surface area (Å²) in [7, 11) is 0. The van der Waals surface area contributed by atoms with Gasteiger partial charge in [0, 0.05) is 30.5 Å². The Hall–Kier alpha value is -2.01. The molecule has 1 aromatic carbocycles. The summed E-state index contributed by atoms with van der Waals surface area (Å²) in [5, 5.41) is 3.01. The average Bonchev–Trinajstić information content (AvgIpc) is 2.37. The summed E-state index contributed by atoms with van der Waals surface area (Å²) in [5.74, 6) is 0.249. The summed E-state index contributed by atoms with van der Waals surface area (Å²) in [6.07, 6.45) is 3.32. The van der Waals surface area contributed by atoms with Crippen LogP contribution in [0, 0.1) is 5.82 Å². The van der Waals surface area contributed by atoms with Gasteiger partial charge in [0.05, 0.1) is 0 Å². The van der Waals surface area contributed by atoms with Gasteiger partial charge in [0.25, 0.3) is 0 Å². The minimum Gasteiger partial charge on any atom is -0.353 e. The van der Waals surface area contributed by atoms with Crippen LogP contribution in [-0.2, 0) is 0 Å². The van der Waals surface area contributed by atoms with Crippen molar-refractivity contribution in [2.24, 2.45) is 5.73 Å². The van der Waals surface area contributed by atoms with Gasteiger partial charge in [-0.05, 0) is 24.6 Å². The number of anilines is 1. The number of aromatic nitrogens is 2. The second-order valence-electron chi connectivity index (χ2n) is 4.16. The number of halogens is 1. The van der Waals surface area contributed by atoms with Gasteiger partial charge in [-0.2, -0.15) is 0 Å². The second kappa shape index (κ2) is 5.55. The fourth-order valence-corrected chi connectivity index (χ4v) is 1.49. The zero-order valence-corrected chi connectivity index (χ0v) is 10.1. The van der Waals surface area contributed by atoms with E-state index in [1.165, 1.54) is 12.1 Å². The predicted octanol–water partition coefficient (Wildman–Crippen LogP) is 2.04. The van der Waals surface area contributed by atoms with E-state index in [-0.39, 0.29) is 11.9 Å². The molecule has 1 unspecified atom stereocenters. The van der Waals surface area contributed by atoms with Crippen LogP contribution in [0.2, 0.25) is 0 Å². The molecule has 0 aliphatic heterocycles. The monoisotopic (exact) mass is 246 g/mol. The van der Waals surface area contributed by atoms with E-state index in [2.05, 4.69) is 15.3 Å². The van der Waals surface area contributed by atoms with Gasteiger partial charge < -0.3 is 11.1 Å². The number of nitrogens with two attached hydrogens (primary N) is 1. The van der Waals surface area contributed by atoms with E-state index in [0.29, 0.717) is 12.5 Å². The Balaban J connectivity index is 2.12. The van der Waals surface area contributed by atoms with Crippen LogP contribution in [0.15, 0.2) is 36.7 Å². The van der Waals surface area contributed by atoms with Crippen molar-refractivity contribution < 1.29 is 4.39 Å². The average molecular weight is 246 g/mol. The van der Waals surface area contributed by atoms with Crippen molar-refractivity contribution in [3.05, 3.63) is 42.5 Å². The van der Waals surface area contributed by atoms with Crippen molar-refractivity contribution in [2.75, 3.05) is 11.9 Å². The van der Waals surface area contributed by atoms with Crippen LogP contribution in [-0.4, -0.2) is 22.6 Å². The molecule has 0 amide bonds. The lowest BCUT2D eigenvalue weighted by atomic mass is 10.1. The standard InChI is InChI=1S/C13H15FN4/c1-9(15)6-16-13-17-7-11(8-18-13)10-3-2-4-12(14)5-10/h2-5,7-9H,6,15H2,1H3,(H,16,17,18). The van der Waals surface area contributed by atoms with Gasteiger partial charge in [0.2, 0.25) is 5.95 Å². The number of nitrogens with zero attached hydrogens (tertiary/aromatic N) is 2. The predicted molar refractivity (Wildman–Crippen MR) is 69.6 cm³/mol. The molecule has 2 rings (SSSR count). The van der Waals surface area contributed by atoms with Gasteiger partial charge in [-0.1, -0.05) is 12.1 Å². The Labute approximate surface area is 105 Å². The normalized spacial score (nSPS) is 12.2. The summed E-state index contributed by atoms with van der Waals surface area (Å²) >= 11 is 0. The lowest BCUT2D eigenvalue weighted by Gasteiger charge is -2.07. The minimum absolute atomic E-state index is 0.0384. The lowest BCUT2D eigenvalue weighted by Crippen LogP contribution is -2.25. The fraction of sp³-hybridized carbons (Fsp3) is 0.231. The number of nitrogens with one attached hydrogen (secondary N) is 1. The highest BCUT2D eigenvalue weighted by molar-refractivity contribution is 5.61. The number of benzene rings is 1. The van der Waals surface area contributed by atoms with Gasteiger partial charge in [0.1, 0.15) is 5.82 Å². The van der Waals surface area contributed by atoms with E-state index in [0.717, 1.165) is 11.1 Å². The van der Waals surface area contributed by atoms with E-state index < -0.39 is 0 Å². The fourth-order valence-electron chi connectivity index (χ4n) is 1.49. The largest absolute Gasteiger partial charge is 0.353 e. The highest BCUT2D eigenvalue weighted by Crippen LogP contribution is 2.18. The van der Waals surface area contributed by atoms with Crippen molar-refractivity contribution in [3.8, 4) is 11.1 Å². The molecular formula is C13H15FN4. The first-order valence-corrected chi connectivity index (χ1v) is 5.72. The Kier molecular flexibility index (Phi) is 3.84. The molecule has 0 aliphatic carbocycles. The summed E-state index contributed by atoms with van der Waals surface area (Å²) < 4.78 is 13.1. The molecular weight excluding hydrogens is 231 g/mol. The van der Waals surface area contributed by atoms with Crippen molar-refractivity contribution in [1.82, 2.24) is 9.97 Å². The van der Waals surface area contributed by atoms with E-state index >= 15 is 0 Å². The van der Waals surface area contributed by atoms with E-state index in [1.54, 1.807) is 18.5 Å². The topological polar surface area (TPSA) is 63.8 Å². The third kappa shape index (κ3) is 3.24. The molecule has 5 heteroatoms. The molecule has 0 saturated carbocycles. The molecule has 1 atom stereocenters. The highest BCUT2D eigenvalue weighted by atomic mass is 19.1. The molecule has 1 aromatic heterocycles. The molecule has 0 aliphatic rings. The van der Waals surface area contributed by atoms with Crippen molar-refractivity contribution in [3.63, 3.8) is 0 Å². The van der Waals surface area contributed by atoms with Crippen LogP contribution in [0.25, 0.3) is 11.1 Å². The van der Waals surface area contributed by atoms with Gasteiger partial charge >= 0.3 is 0 Å². The van der Waals surface area contributed by atoms with E-state index in [1.807, 2.05) is 13.0 Å². The highest BCUT2D eigenvalue weighted by Gasteiger charge is 2.02. The Morgan fingerprint density at radius 1 is 1.28 bits per heavy atom. The molecule has 4 nitrogen and oxygen atoms in total. The molecule has 0 radical (unpaired) electrons. The Morgan fingerprint density at radius 3 is 2.61 bits per heavy atom. The van der Waals surface area contributed by atoms with Crippen LogP contribution >= 0.6 is 0 Å². The van der Waals surface area contributed by atoms with Gasteiger partial charge in [-0.15, -0.1) is 0 Å². The maximum absolute atomic E-state index is 13.1. The number of hydrogen-bond donors (Lipinski definition) is 2. The summed E-state index contributed by atoms with van der Waals surface area (Å²) in [6, 6.07) is 6.37. The zero-order valence-electron chi connectivity index (χ0n) is 10.1. The molecule has 0 bridgehead atoms. The van der Waals surface area contributed by atoms with Gasteiger partial charge in [-0.3, -0.25) is 0 Å². The SMILES string of the molecule is CC(N)CNc1ncc(-c2cccc(F)c2)cn1. The molecule has 94 valence electrons. The van der Waals surface area contributed by atoms with Crippen LogP contribution in [0.1, 0.15) is 6.92 Å². The number of hydrogen-bond acceptors (Lipinski definition) is 4. The molecule has 2 aromatic rings. The van der Waals surface area contributed by atoms with Crippen molar-refractivity contribution in [1.29, 1.82) is 0 Å². The molecule has 0 saturated heterocycles. The second-order valence-corrected chi connectivity index (χ2v) is 4.16. The summed E-state index contributed by atoms with van der Waals surface area (Å²) in [4.78, 5) is 8.31.